The molecule has 2 atom stereocenters. The molecule has 2 unspecified atom stereocenters. The first-order valence-electron chi connectivity index (χ1n) is 6.20. The molecule has 1 heterocycles. The zero-order chi connectivity index (χ0) is 10.8. The summed E-state index contributed by atoms with van der Waals surface area (Å²) in [5, 5.41) is 6.51. The fraction of sp³-hybridized carbons (Fsp3) is 0.917. The van der Waals surface area contributed by atoms with Crippen molar-refractivity contribution in [2.24, 2.45) is 11.8 Å². The Morgan fingerprint density at radius 2 is 2.13 bits per heavy atom. The highest BCUT2D eigenvalue weighted by Crippen LogP contribution is 2.30. The zero-order valence-corrected chi connectivity index (χ0v) is 9.75. The fourth-order valence-corrected chi connectivity index (χ4v) is 2.50. The molecule has 2 rings (SSSR count). The molecule has 1 aliphatic carbocycles. The van der Waals surface area contributed by atoms with Gasteiger partial charge in [0.15, 0.2) is 0 Å². The average Bonchev–Trinajstić information content (AvgIpc) is 2.13. The second kappa shape index (κ2) is 4.52. The Kier molecular flexibility index (Phi) is 3.29. The molecule has 3 heteroatoms. The largest absolute Gasteiger partial charge is 0.353 e. The maximum absolute atomic E-state index is 11.6. The van der Waals surface area contributed by atoms with Gasteiger partial charge in [-0.25, -0.2) is 0 Å². The Morgan fingerprint density at radius 3 is 2.67 bits per heavy atom. The lowest BCUT2D eigenvalue weighted by Crippen LogP contribution is -2.60. The van der Waals surface area contributed by atoms with Crippen LogP contribution in [0.5, 0.6) is 0 Å². The van der Waals surface area contributed by atoms with E-state index in [1.54, 1.807) is 0 Å². The highest BCUT2D eigenvalue weighted by Gasteiger charge is 2.31. The van der Waals surface area contributed by atoms with Gasteiger partial charge in [-0.1, -0.05) is 33.1 Å². The molecule has 86 valence electrons. The van der Waals surface area contributed by atoms with Gasteiger partial charge in [-0.2, -0.15) is 0 Å². The average molecular weight is 210 g/mol. The number of carbonyl (C=O) groups excluding carboxylic acids is 1. The van der Waals surface area contributed by atoms with E-state index in [4.69, 9.17) is 0 Å². The summed E-state index contributed by atoms with van der Waals surface area (Å²) in [6.07, 6.45) is 5.41. The Hall–Kier alpha value is -0.570. The van der Waals surface area contributed by atoms with E-state index in [0.717, 1.165) is 12.5 Å². The molecule has 1 saturated heterocycles. The lowest BCUT2D eigenvalue weighted by molar-refractivity contribution is -0.126. The number of piperazine rings is 1. The highest BCUT2D eigenvalue weighted by atomic mass is 16.2. The molecule has 0 aromatic carbocycles. The van der Waals surface area contributed by atoms with Crippen molar-refractivity contribution in [1.29, 1.82) is 0 Å². The minimum Gasteiger partial charge on any atom is -0.353 e. The van der Waals surface area contributed by atoms with Crippen LogP contribution < -0.4 is 10.6 Å². The van der Waals surface area contributed by atoms with Gasteiger partial charge in [-0.05, 0) is 18.3 Å². The van der Waals surface area contributed by atoms with Crippen molar-refractivity contribution in [1.82, 2.24) is 10.6 Å². The van der Waals surface area contributed by atoms with Gasteiger partial charge < -0.3 is 10.6 Å². The first kappa shape index (κ1) is 10.9. The number of nitrogens with one attached hydrogen (secondary N) is 2. The maximum atomic E-state index is 11.6. The van der Waals surface area contributed by atoms with Crippen molar-refractivity contribution in [3.05, 3.63) is 0 Å². The minimum absolute atomic E-state index is 0.0174. The van der Waals surface area contributed by atoms with Crippen molar-refractivity contribution in [2.45, 2.75) is 51.6 Å². The summed E-state index contributed by atoms with van der Waals surface area (Å²) in [5.74, 6) is 1.47. The first-order valence-corrected chi connectivity index (χ1v) is 6.20. The molecule has 3 nitrogen and oxygen atoms in total. The van der Waals surface area contributed by atoms with Gasteiger partial charge in [0, 0.05) is 12.6 Å². The fourth-order valence-electron chi connectivity index (χ4n) is 2.50. The third-order valence-electron chi connectivity index (χ3n) is 3.73. The first-order chi connectivity index (χ1) is 7.16. The SMILES string of the molecule is CC(C)C1NC(CC2CCC2)CNC1=O. The summed E-state index contributed by atoms with van der Waals surface area (Å²) in [6, 6.07) is 0.518. The normalized spacial score (nSPS) is 32.6. The number of rotatable bonds is 3. The standard InChI is InChI=1S/C12H22N2O/c1-8(2)11-12(15)13-7-10(14-11)6-9-4-3-5-9/h8-11,14H,3-7H2,1-2H3,(H,13,15). The quantitative estimate of drug-likeness (QED) is 0.737. The lowest BCUT2D eigenvalue weighted by atomic mass is 9.80. The van der Waals surface area contributed by atoms with Crippen LogP contribution >= 0.6 is 0 Å². The Labute approximate surface area is 92.0 Å². The van der Waals surface area contributed by atoms with Crippen LogP contribution in [0.2, 0.25) is 0 Å². The van der Waals surface area contributed by atoms with Crippen molar-refractivity contribution in [3.8, 4) is 0 Å². The minimum atomic E-state index is 0.0174. The van der Waals surface area contributed by atoms with Crippen LogP contribution in [-0.4, -0.2) is 24.5 Å². The summed E-state index contributed by atoms with van der Waals surface area (Å²) in [4.78, 5) is 11.6. The molecule has 0 aromatic rings. The topological polar surface area (TPSA) is 41.1 Å². The summed E-state index contributed by atoms with van der Waals surface area (Å²) in [5.41, 5.74) is 0. The number of hydrogen-bond acceptors (Lipinski definition) is 2. The molecular weight excluding hydrogens is 188 g/mol. The lowest BCUT2D eigenvalue weighted by Gasteiger charge is -2.36. The molecule has 0 radical (unpaired) electrons. The van der Waals surface area contributed by atoms with E-state index in [1.165, 1.54) is 25.7 Å². The van der Waals surface area contributed by atoms with Crippen LogP contribution in [0.4, 0.5) is 0 Å². The van der Waals surface area contributed by atoms with Crippen LogP contribution in [0, 0.1) is 11.8 Å². The molecule has 1 saturated carbocycles. The van der Waals surface area contributed by atoms with E-state index in [-0.39, 0.29) is 11.9 Å². The predicted octanol–water partition coefficient (Wildman–Crippen LogP) is 1.29. The molecule has 15 heavy (non-hydrogen) atoms. The number of hydrogen-bond donors (Lipinski definition) is 2. The summed E-state index contributed by atoms with van der Waals surface area (Å²) < 4.78 is 0. The van der Waals surface area contributed by atoms with Crippen molar-refractivity contribution in [2.75, 3.05) is 6.54 Å². The summed E-state index contributed by atoms with van der Waals surface area (Å²) in [6.45, 7) is 5.02. The number of amides is 1. The van der Waals surface area contributed by atoms with Gasteiger partial charge in [0.2, 0.25) is 5.91 Å². The van der Waals surface area contributed by atoms with Crippen LogP contribution in [0.25, 0.3) is 0 Å². The molecule has 0 aromatic heterocycles. The molecule has 0 bridgehead atoms. The van der Waals surface area contributed by atoms with Gasteiger partial charge in [-0.15, -0.1) is 0 Å². The number of carbonyl (C=O) groups is 1. The van der Waals surface area contributed by atoms with E-state index < -0.39 is 0 Å². The van der Waals surface area contributed by atoms with E-state index in [9.17, 15) is 4.79 Å². The van der Waals surface area contributed by atoms with Crippen LogP contribution in [0.1, 0.15) is 39.5 Å². The Balaban J connectivity index is 1.84. The van der Waals surface area contributed by atoms with E-state index >= 15 is 0 Å². The summed E-state index contributed by atoms with van der Waals surface area (Å²) in [7, 11) is 0. The van der Waals surface area contributed by atoms with Crippen molar-refractivity contribution in [3.63, 3.8) is 0 Å². The van der Waals surface area contributed by atoms with Gasteiger partial charge in [0.25, 0.3) is 0 Å². The predicted molar refractivity (Wildman–Crippen MR) is 60.5 cm³/mol. The molecule has 0 spiro atoms. The maximum Gasteiger partial charge on any atom is 0.237 e. The molecule has 1 aliphatic heterocycles. The third-order valence-corrected chi connectivity index (χ3v) is 3.73. The summed E-state index contributed by atoms with van der Waals surface area (Å²) >= 11 is 0. The monoisotopic (exact) mass is 210 g/mol. The smallest absolute Gasteiger partial charge is 0.237 e. The molecule has 2 aliphatic rings. The molecular formula is C12H22N2O. The molecule has 2 N–H and O–H groups in total. The van der Waals surface area contributed by atoms with Crippen molar-refractivity contribution >= 4 is 5.91 Å². The molecule has 1 amide bonds. The van der Waals surface area contributed by atoms with Crippen molar-refractivity contribution < 1.29 is 4.79 Å². The second-order valence-electron chi connectivity index (χ2n) is 5.36. The van der Waals surface area contributed by atoms with Crippen LogP contribution in [-0.2, 0) is 4.79 Å². The zero-order valence-electron chi connectivity index (χ0n) is 9.75. The highest BCUT2D eigenvalue weighted by molar-refractivity contribution is 5.82. The van der Waals surface area contributed by atoms with Crippen LogP contribution in [0.3, 0.4) is 0 Å². The van der Waals surface area contributed by atoms with Gasteiger partial charge >= 0.3 is 0 Å². The Bertz CT molecular complexity index is 236. The Morgan fingerprint density at radius 1 is 1.40 bits per heavy atom. The van der Waals surface area contributed by atoms with E-state index in [1.807, 2.05) is 0 Å². The molecule has 2 fully saturated rings. The van der Waals surface area contributed by atoms with Gasteiger partial charge in [0.05, 0.1) is 6.04 Å². The van der Waals surface area contributed by atoms with Gasteiger partial charge in [0.1, 0.15) is 0 Å². The van der Waals surface area contributed by atoms with Crippen LogP contribution in [0.15, 0.2) is 0 Å². The third kappa shape index (κ3) is 2.51. The van der Waals surface area contributed by atoms with Gasteiger partial charge in [-0.3, -0.25) is 4.79 Å². The second-order valence-corrected chi connectivity index (χ2v) is 5.36. The van der Waals surface area contributed by atoms with E-state index in [2.05, 4.69) is 24.5 Å². The van der Waals surface area contributed by atoms with E-state index in [0.29, 0.717) is 12.0 Å².